The van der Waals surface area contributed by atoms with E-state index in [0.29, 0.717) is 5.41 Å². The summed E-state index contributed by atoms with van der Waals surface area (Å²) < 4.78 is 0.890. The molecule has 1 aromatic rings. The number of nitrogens with zero attached hydrogens (tertiary/aromatic N) is 1. The van der Waals surface area contributed by atoms with Gasteiger partial charge in [0.1, 0.15) is 0 Å². The molecule has 0 radical (unpaired) electrons. The molecule has 20 heavy (non-hydrogen) atoms. The third-order valence-electron chi connectivity index (χ3n) is 4.43. The average Bonchev–Trinajstić information content (AvgIpc) is 2.63. The summed E-state index contributed by atoms with van der Waals surface area (Å²) >= 11 is 3.48. The molecular formula is C17H24BrNO. The summed E-state index contributed by atoms with van der Waals surface area (Å²) in [7, 11) is 0. The van der Waals surface area contributed by atoms with Gasteiger partial charge in [-0.3, -0.25) is 4.79 Å². The van der Waals surface area contributed by atoms with Crippen molar-refractivity contribution in [2.45, 2.75) is 40.0 Å². The van der Waals surface area contributed by atoms with E-state index in [1.165, 1.54) is 24.9 Å². The van der Waals surface area contributed by atoms with Crippen molar-refractivity contribution < 1.29 is 4.79 Å². The van der Waals surface area contributed by atoms with E-state index in [1.807, 2.05) is 6.07 Å². The zero-order valence-electron chi connectivity index (χ0n) is 12.7. The van der Waals surface area contributed by atoms with Crippen LogP contribution in [0.25, 0.3) is 0 Å². The minimum Gasteiger partial charge on any atom is -0.371 e. The maximum atomic E-state index is 10.9. The third-order valence-corrected chi connectivity index (χ3v) is 5.12. The highest BCUT2D eigenvalue weighted by Crippen LogP contribution is 2.35. The SMILES string of the molecule is CC(C)(C)C1CCCN(c2ccc(C=O)c(Br)c2)CC1. The number of hydrogen-bond acceptors (Lipinski definition) is 2. The van der Waals surface area contributed by atoms with Crippen LogP contribution in [0.5, 0.6) is 0 Å². The molecule has 0 aromatic heterocycles. The second-order valence-corrected chi connectivity index (χ2v) is 7.66. The molecule has 110 valence electrons. The van der Waals surface area contributed by atoms with Crippen LogP contribution in [0.2, 0.25) is 0 Å². The number of halogens is 1. The first-order chi connectivity index (χ1) is 9.41. The second kappa shape index (κ2) is 6.30. The van der Waals surface area contributed by atoms with Gasteiger partial charge < -0.3 is 4.90 Å². The van der Waals surface area contributed by atoms with E-state index in [4.69, 9.17) is 0 Å². The minimum atomic E-state index is 0.401. The van der Waals surface area contributed by atoms with E-state index in [-0.39, 0.29) is 0 Å². The molecule has 3 heteroatoms. The Morgan fingerprint density at radius 1 is 1.25 bits per heavy atom. The summed E-state index contributed by atoms with van der Waals surface area (Å²) in [6.45, 7) is 9.27. The Labute approximate surface area is 130 Å². The lowest BCUT2D eigenvalue weighted by molar-refractivity contribution is 0.112. The van der Waals surface area contributed by atoms with Gasteiger partial charge in [-0.15, -0.1) is 0 Å². The van der Waals surface area contributed by atoms with E-state index in [2.05, 4.69) is 53.7 Å². The Balaban J connectivity index is 2.11. The van der Waals surface area contributed by atoms with E-state index in [9.17, 15) is 4.79 Å². The van der Waals surface area contributed by atoms with Crippen LogP contribution in [0.1, 0.15) is 50.4 Å². The molecule has 0 N–H and O–H groups in total. The van der Waals surface area contributed by atoms with Gasteiger partial charge in [0.15, 0.2) is 6.29 Å². The van der Waals surface area contributed by atoms with Crippen molar-refractivity contribution in [3.8, 4) is 0 Å². The Hall–Kier alpha value is -0.830. The second-order valence-electron chi connectivity index (χ2n) is 6.80. The molecule has 1 aliphatic rings. The number of anilines is 1. The molecule has 1 heterocycles. The lowest BCUT2D eigenvalue weighted by Crippen LogP contribution is -2.26. The predicted octanol–water partition coefficient (Wildman–Crippen LogP) is 4.91. The van der Waals surface area contributed by atoms with Crippen LogP contribution < -0.4 is 4.90 Å². The molecule has 1 unspecified atom stereocenters. The van der Waals surface area contributed by atoms with Crippen LogP contribution in [-0.2, 0) is 0 Å². The summed E-state index contributed by atoms with van der Waals surface area (Å²) in [5, 5.41) is 0. The molecule has 0 bridgehead atoms. The summed E-state index contributed by atoms with van der Waals surface area (Å²) in [6, 6.07) is 6.03. The lowest BCUT2D eigenvalue weighted by Gasteiger charge is -2.30. The van der Waals surface area contributed by atoms with Gasteiger partial charge in [-0.05, 0) is 64.7 Å². The monoisotopic (exact) mass is 337 g/mol. The molecule has 1 atom stereocenters. The fraction of sp³-hybridized carbons (Fsp3) is 0.588. The van der Waals surface area contributed by atoms with Crippen LogP contribution in [-0.4, -0.2) is 19.4 Å². The van der Waals surface area contributed by atoms with Crippen molar-refractivity contribution in [2.75, 3.05) is 18.0 Å². The van der Waals surface area contributed by atoms with Crippen molar-refractivity contribution in [3.63, 3.8) is 0 Å². The van der Waals surface area contributed by atoms with Crippen molar-refractivity contribution >= 4 is 27.9 Å². The maximum absolute atomic E-state index is 10.9. The van der Waals surface area contributed by atoms with Gasteiger partial charge in [-0.25, -0.2) is 0 Å². The van der Waals surface area contributed by atoms with Crippen molar-refractivity contribution in [1.29, 1.82) is 0 Å². The highest BCUT2D eigenvalue weighted by Gasteiger charge is 2.27. The predicted molar refractivity (Wildman–Crippen MR) is 88.5 cm³/mol. The normalized spacial score (nSPS) is 20.6. The van der Waals surface area contributed by atoms with E-state index in [0.717, 1.165) is 35.3 Å². The average molecular weight is 338 g/mol. The van der Waals surface area contributed by atoms with Gasteiger partial charge in [-0.2, -0.15) is 0 Å². The summed E-state index contributed by atoms with van der Waals surface area (Å²) in [4.78, 5) is 13.3. The smallest absolute Gasteiger partial charge is 0.151 e. The Morgan fingerprint density at radius 3 is 2.60 bits per heavy atom. The summed E-state index contributed by atoms with van der Waals surface area (Å²) in [5.74, 6) is 0.796. The summed E-state index contributed by atoms with van der Waals surface area (Å²) in [5.41, 5.74) is 2.34. The lowest BCUT2D eigenvalue weighted by atomic mass is 9.77. The fourth-order valence-corrected chi connectivity index (χ4v) is 3.49. The van der Waals surface area contributed by atoms with E-state index >= 15 is 0 Å². The number of carbonyl (C=O) groups is 1. The highest BCUT2D eigenvalue weighted by atomic mass is 79.9. The van der Waals surface area contributed by atoms with Crippen LogP contribution in [0.4, 0.5) is 5.69 Å². The largest absolute Gasteiger partial charge is 0.371 e. The molecule has 1 aliphatic heterocycles. The highest BCUT2D eigenvalue weighted by molar-refractivity contribution is 9.10. The van der Waals surface area contributed by atoms with Gasteiger partial charge in [0.05, 0.1) is 0 Å². The number of carbonyl (C=O) groups excluding carboxylic acids is 1. The number of aldehydes is 1. The van der Waals surface area contributed by atoms with Gasteiger partial charge >= 0.3 is 0 Å². The molecule has 0 amide bonds. The molecule has 0 aliphatic carbocycles. The van der Waals surface area contributed by atoms with E-state index < -0.39 is 0 Å². The Morgan fingerprint density at radius 2 is 2.00 bits per heavy atom. The third kappa shape index (κ3) is 3.63. The zero-order chi connectivity index (χ0) is 14.8. The molecule has 2 nitrogen and oxygen atoms in total. The van der Waals surface area contributed by atoms with Crippen molar-refractivity contribution in [1.82, 2.24) is 0 Å². The standard InChI is InChI=1S/C17H24BrNO/c1-17(2,3)14-5-4-9-19(10-8-14)15-7-6-13(12-20)16(18)11-15/h6-7,11-12,14H,4-5,8-10H2,1-3H3. The number of benzene rings is 1. The first-order valence-electron chi connectivity index (χ1n) is 7.41. The zero-order valence-corrected chi connectivity index (χ0v) is 14.2. The van der Waals surface area contributed by atoms with Gasteiger partial charge in [0.2, 0.25) is 0 Å². The van der Waals surface area contributed by atoms with Crippen LogP contribution >= 0.6 is 15.9 Å². The molecule has 2 rings (SSSR count). The number of hydrogen-bond donors (Lipinski definition) is 0. The van der Waals surface area contributed by atoms with E-state index in [1.54, 1.807) is 0 Å². The molecule has 1 fully saturated rings. The Kier molecular flexibility index (Phi) is 4.90. The van der Waals surface area contributed by atoms with Gasteiger partial charge in [-0.1, -0.05) is 20.8 Å². The molecular weight excluding hydrogens is 314 g/mol. The summed E-state index contributed by atoms with van der Waals surface area (Å²) in [6.07, 6.45) is 4.70. The van der Waals surface area contributed by atoms with Crippen LogP contribution in [0, 0.1) is 11.3 Å². The van der Waals surface area contributed by atoms with Gasteiger partial charge in [0.25, 0.3) is 0 Å². The first kappa shape index (κ1) is 15.6. The number of rotatable bonds is 2. The fourth-order valence-electron chi connectivity index (χ4n) is 3.03. The molecule has 0 spiro atoms. The van der Waals surface area contributed by atoms with Crippen LogP contribution in [0.15, 0.2) is 22.7 Å². The molecule has 0 saturated carbocycles. The topological polar surface area (TPSA) is 20.3 Å². The first-order valence-corrected chi connectivity index (χ1v) is 8.21. The van der Waals surface area contributed by atoms with Gasteiger partial charge in [0, 0.05) is 28.8 Å². The molecule has 1 saturated heterocycles. The molecule has 1 aromatic carbocycles. The maximum Gasteiger partial charge on any atom is 0.151 e. The minimum absolute atomic E-state index is 0.401. The van der Waals surface area contributed by atoms with Crippen molar-refractivity contribution in [3.05, 3.63) is 28.2 Å². The van der Waals surface area contributed by atoms with Crippen LogP contribution in [0.3, 0.4) is 0 Å². The Bertz CT molecular complexity index is 478. The van der Waals surface area contributed by atoms with Crippen molar-refractivity contribution in [2.24, 2.45) is 11.3 Å². The quantitative estimate of drug-likeness (QED) is 0.714.